The molecule has 0 aromatic heterocycles. The summed E-state index contributed by atoms with van der Waals surface area (Å²) in [4.78, 5) is 0. The number of aliphatic hydroxyl groups is 1. The smallest absolute Gasteiger partial charge is 0.0431 e. The van der Waals surface area contributed by atoms with Crippen LogP contribution in [-0.4, -0.2) is 11.7 Å². The Bertz CT molecular complexity index is 50.3. The molecule has 1 radical (unpaired) electrons. The van der Waals surface area contributed by atoms with Crippen molar-refractivity contribution < 1.29 is 5.11 Å². The van der Waals surface area contributed by atoms with Crippen LogP contribution < -0.4 is 0 Å². The predicted octanol–water partition coefficient (Wildman–Crippen LogP) is 1.53. The molecule has 0 saturated heterocycles. The first kappa shape index (κ1) is 7.70. The topological polar surface area (TPSA) is 20.2 Å². The summed E-state index contributed by atoms with van der Waals surface area (Å²) in [6.45, 7) is 5.43. The van der Waals surface area contributed by atoms with E-state index in [0.29, 0.717) is 6.61 Å². The van der Waals surface area contributed by atoms with Crippen molar-refractivity contribution in [2.75, 3.05) is 6.61 Å². The summed E-state index contributed by atoms with van der Waals surface area (Å²) in [7, 11) is 0. The third kappa shape index (κ3) is 5.70. The molecule has 0 bridgehead atoms. The van der Waals surface area contributed by atoms with Crippen molar-refractivity contribution in [2.24, 2.45) is 0 Å². The molecule has 0 rings (SSSR count). The van der Waals surface area contributed by atoms with E-state index in [0.717, 1.165) is 25.7 Å². The van der Waals surface area contributed by atoms with E-state index in [4.69, 9.17) is 11.7 Å². The molecular formula is C7H13O. The summed E-state index contributed by atoms with van der Waals surface area (Å²) in [5.41, 5.74) is 0. The molecule has 0 amide bonds. The average molecular weight is 113 g/mol. The van der Waals surface area contributed by atoms with Crippen LogP contribution in [0.25, 0.3) is 0 Å². The highest BCUT2D eigenvalue weighted by Gasteiger charge is 1.82. The largest absolute Gasteiger partial charge is 0.396 e. The van der Waals surface area contributed by atoms with Crippen LogP contribution >= 0.6 is 0 Å². The Kier molecular flexibility index (Phi) is 6.45. The third-order valence-electron chi connectivity index (χ3n) is 1.03. The fraction of sp³-hybridized carbons (Fsp3) is 0.714. The quantitative estimate of drug-likeness (QED) is 0.536. The third-order valence-corrected chi connectivity index (χ3v) is 1.03. The van der Waals surface area contributed by atoms with Gasteiger partial charge in [-0.1, -0.05) is 19.1 Å². The first-order chi connectivity index (χ1) is 3.91. The molecule has 1 N–H and O–H groups in total. The lowest BCUT2D eigenvalue weighted by Gasteiger charge is -1.91. The maximum absolute atomic E-state index is 8.32. The number of aliphatic hydroxyl groups excluding tert-OH is 1. The number of unbranched alkanes of at least 4 members (excludes halogenated alkanes) is 3. The molecular weight excluding hydrogens is 100 g/mol. The molecule has 0 unspecified atom stereocenters. The van der Waals surface area contributed by atoms with Crippen LogP contribution in [0.5, 0.6) is 0 Å². The van der Waals surface area contributed by atoms with Crippen molar-refractivity contribution in [3.05, 3.63) is 12.7 Å². The van der Waals surface area contributed by atoms with Crippen LogP contribution in [0.3, 0.4) is 0 Å². The van der Waals surface area contributed by atoms with Gasteiger partial charge in [0.1, 0.15) is 0 Å². The van der Waals surface area contributed by atoms with E-state index >= 15 is 0 Å². The molecule has 0 aromatic rings. The molecule has 0 fully saturated rings. The van der Waals surface area contributed by atoms with Gasteiger partial charge in [-0.2, -0.15) is 0 Å². The Balaban J connectivity index is 2.62. The highest BCUT2D eigenvalue weighted by atomic mass is 16.2. The average Bonchev–Trinajstić information content (AvgIpc) is 1.81. The second-order valence-corrected chi connectivity index (χ2v) is 1.81. The summed E-state index contributed by atoms with van der Waals surface area (Å²) in [6, 6.07) is 0. The molecule has 0 aliphatic heterocycles. The Morgan fingerprint density at radius 2 is 2.00 bits per heavy atom. The molecule has 1 heteroatoms. The molecule has 0 aliphatic carbocycles. The fourth-order valence-electron chi connectivity index (χ4n) is 0.551. The van der Waals surface area contributed by atoms with Gasteiger partial charge in [0.15, 0.2) is 0 Å². The number of allylic oxidation sites excluding steroid dienone is 1. The number of rotatable bonds is 5. The van der Waals surface area contributed by atoms with E-state index in [9.17, 15) is 0 Å². The highest BCUT2D eigenvalue weighted by molar-refractivity contribution is 4.61. The Hall–Kier alpha value is -0.300. The van der Waals surface area contributed by atoms with Crippen LogP contribution in [-0.2, 0) is 0 Å². The molecule has 0 saturated carbocycles. The van der Waals surface area contributed by atoms with Gasteiger partial charge >= 0.3 is 0 Å². The molecule has 1 nitrogen and oxygen atoms in total. The molecule has 0 spiro atoms. The molecule has 0 heterocycles. The minimum Gasteiger partial charge on any atom is -0.396 e. The van der Waals surface area contributed by atoms with E-state index in [1.165, 1.54) is 0 Å². The minimum absolute atomic E-state index is 0.310. The first-order valence-corrected chi connectivity index (χ1v) is 3.06. The van der Waals surface area contributed by atoms with Gasteiger partial charge in [-0.15, -0.1) is 0 Å². The lowest BCUT2D eigenvalue weighted by Crippen LogP contribution is -1.80. The highest BCUT2D eigenvalue weighted by Crippen LogP contribution is 1.97. The van der Waals surface area contributed by atoms with Gasteiger partial charge in [0.2, 0.25) is 0 Å². The molecule has 0 aliphatic rings. The minimum atomic E-state index is 0.310. The maximum Gasteiger partial charge on any atom is 0.0431 e. The van der Waals surface area contributed by atoms with Crippen molar-refractivity contribution in [1.29, 1.82) is 0 Å². The van der Waals surface area contributed by atoms with E-state index in [1.807, 2.05) is 0 Å². The van der Waals surface area contributed by atoms with Crippen molar-refractivity contribution in [3.63, 3.8) is 0 Å². The zero-order valence-corrected chi connectivity index (χ0v) is 5.14. The zero-order chi connectivity index (χ0) is 6.24. The number of hydrogen-bond donors (Lipinski definition) is 1. The summed E-state index contributed by atoms with van der Waals surface area (Å²) in [5, 5.41) is 8.32. The van der Waals surface area contributed by atoms with Crippen molar-refractivity contribution in [1.82, 2.24) is 0 Å². The Labute approximate surface area is 51.0 Å². The molecule has 47 valence electrons. The van der Waals surface area contributed by atoms with Gasteiger partial charge in [-0.05, 0) is 19.3 Å². The van der Waals surface area contributed by atoms with Gasteiger partial charge in [0.25, 0.3) is 0 Å². The van der Waals surface area contributed by atoms with Gasteiger partial charge in [-0.3, -0.25) is 0 Å². The lowest BCUT2D eigenvalue weighted by atomic mass is 10.2. The van der Waals surface area contributed by atoms with E-state index in [-0.39, 0.29) is 0 Å². The van der Waals surface area contributed by atoms with Gasteiger partial charge in [0.05, 0.1) is 0 Å². The normalized spacial score (nSPS) is 9.12. The summed E-state index contributed by atoms with van der Waals surface area (Å²) in [5.74, 6) is 0. The zero-order valence-electron chi connectivity index (χ0n) is 5.14. The maximum atomic E-state index is 8.32. The van der Waals surface area contributed by atoms with Crippen LogP contribution in [0.15, 0.2) is 6.08 Å². The summed E-state index contributed by atoms with van der Waals surface area (Å²) >= 11 is 0. The standard InChI is InChI=1S/C7H13O/c1-2-3-4-5-6-7-8/h1-2,8H,3-7H2. The van der Waals surface area contributed by atoms with Crippen molar-refractivity contribution >= 4 is 0 Å². The monoisotopic (exact) mass is 113 g/mol. The van der Waals surface area contributed by atoms with Crippen molar-refractivity contribution in [2.45, 2.75) is 25.7 Å². The number of hydrogen-bond acceptors (Lipinski definition) is 1. The van der Waals surface area contributed by atoms with Crippen LogP contribution in [0.2, 0.25) is 0 Å². The summed E-state index contributed by atoms with van der Waals surface area (Å²) in [6.07, 6.45) is 5.74. The molecule has 0 atom stereocenters. The Morgan fingerprint density at radius 1 is 1.25 bits per heavy atom. The molecule has 8 heavy (non-hydrogen) atoms. The SMILES string of the molecule is [CH]=CCCCCCO. The van der Waals surface area contributed by atoms with Crippen LogP contribution in [0, 0.1) is 6.58 Å². The first-order valence-electron chi connectivity index (χ1n) is 3.06. The van der Waals surface area contributed by atoms with E-state index < -0.39 is 0 Å². The lowest BCUT2D eigenvalue weighted by molar-refractivity contribution is 0.283. The van der Waals surface area contributed by atoms with E-state index in [2.05, 4.69) is 0 Å². The van der Waals surface area contributed by atoms with Crippen molar-refractivity contribution in [3.8, 4) is 0 Å². The fourth-order valence-corrected chi connectivity index (χ4v) is 0.551. The van der Waals surface area contributed by atoms with Gasteiger partial charge in [-0.25, -0.2) is 0 Å². The van der Waals surface area contributed by atoms with Gasteiger partial charge < -0.3 is 5.11 Å². The van der Waals surface area contributed by atoms with Crippen LogP contribution in [0.4, 0.5) is 0 Å². The molecule has 0 aromatic carbocycles. The van der Waals surface area contributed by atoms with Gasteiger partial charge in [0, 0.05) is 6.61 Å². The Morgan fingerprint density at radius 3 is 2.50 bits per heavy atom. The van der Waals surface area contributed by atoms with E-state index in [1.54, 1.807) is 6.08 Å². The second kappa shape index (κ2) is 6.70. The second-order valence-electron chi connectivity index (χ2n) is 1.81. The van der Waals surface area contributed by atoms with Crippen LogP contribution in [0.1, 0.15) is 25.7 Å². The predicted molar refractivity (Wildman–Crippen MR) is 34.4 cm³/mol. The summed E-state index contributed by atoms with van der Waals surface area (Å²) < 4.78 is 0.